The number of aromatic nitrogens is 2. The number of nitrogens with one attached hydrogen (secondary N) is 1. The number of rotatable bonds is 2. The van der Waals surface area contributed by atoms with Gasteiger partial charge < -0.3 is 15.1 Å². The molecule has 3 aliphatic rings. The standard InChI is InChI=1S/C15H21N5O/c21-14(12-10-11-2-3-13(12)18-11)19-6-8-20(9-7-19)15-16-4-1-5-17-15/h1,4-5,11-13,18H,2-3,6-10H2. The summed E-state index contributed by atoms with van der Waals surface area (Å²) in [5.74, 6) is 1.33. The number of nitrogens with zero attached hydrogens (tertiary/aromatic N) is 4. The van der Waals surface area contributed by atoms with E-state index in [2.05, 4.69) is 20.2 Å². The molecule has 3 fully saturated rings. The highest BCUT2D eigenvalue weighted by atomic mass is 16.2. The Labute approximate surface area is 124 Å². The van der Waals surface area contributed by atoms with Gasteiger partial charge in [-0.3, -0.25) is 4.79 Å². The van der Waals surface area contributed by atoms with Crippen LogP contribution in [-0.2, 0) is 4.79 Å². The van der Waals surface area contributed by atoms with Crippen LogP contribution in [0.3, 0.4) is 0 Å². The Morgan fingerprint density at radius 1 is 1.14 bits per heavy atom. The Morgan fingerprint density at radius 3 is 2.52 bits per heavy atom. The molecule has 0 aliphatic carbocycles. The number of hydrogen-bond donors (Lipinski definition) is 1. The van der Waals surface area contributed by atoms with Gasteiger partial charge >= 0.3 is 0 Å². The van der Waals surface area contributed by atoms with Gasteiger partial charge in [0.15, 0.2) is 0 Å². The van der Waals surface area contributed by atoms with Gasteiger partial charge in [0.25, 0.3) is 0 Å². The number of piperazine rings is 1. The molecule has 1 amide bonds. The monoisotopic (exact) mass is 287 g/mol. The molecule has 1 aromatic heterocycles. The van der Waals surface area contributed by atoms with Crippen LogP contribution < -0.4 is 10.2 Å². The SMILES string of the molecule is O=C(C1CC2CCC1N2)N1CCN(c2ncccn2)CC1. The van der Waals surface area contributed by atoms with Crippen molar-refractivity contribution < 1.29 is 4.79 Å². The van der Waals surface area contributed by atoms with Crippen LogP contribution in [0.2, 0.25) is 0 Å². The van der Waals surface area contributed by atoms with Crippen molar-refractivity contribution in [2.24, 2.45) is 5.92 Å². The smallest absolute Gasteiger partial charge is 0.227 e. The maximum Gasteiger partial charge on any atom is 0.227 e. The molecule has 6 nitrogen and oxygen atoms in total. The Kier molecular flexibility index (Phi) is 3.25. The van der Waals surface area contributed by atoms with Crippen molar-refractivity contribution in [1.29, 1.82) is 0 Å². The largest absolute Gasteiger partial charge is 0.339 e. The molecule has 0 radical (unpaired) electrons. The molecule has 4 rings (SSSR count). The maximum absolute atomic E-state index is 12.7. The minimum atomic E-state index is 0.211. The van der Waals surface area contributed by atoms with E-state index in [1.165, 1.54) is 12.8 Å². The van der Waals surface area contributed by atoms with E-state index in [0.29, 0.717) is 18.0 Å². The second-order valence-electron chi connectivity index (χ2n) is 6.25. The number of carbonyl (C=O) groups is 1. The van der Waals surface area contributed by atoms with Gasteiger partial charge in [0, 0.05) is 50.7 Å². The van der Waals surface area contributed by atoms with Crippen LogP contribution in [0.1, 0.15) is 19.3 Å². The highest BCUT2D eigenvalue weighted by molar-refractivity contribution is 5.80. The van der Waals surface area contributed by atoms with Gasteiger partial charge in [0.1, 0.15) is 0 Å². The lowest BCUT2D eigenvalue weighted by Crippen LogP contribution is -2.52. The minimum absolute atomic E-state index is 0.211. The van der Waals surface area contributed by atoms with E-state index in [0.717, 1.165) is 38.5 Å². The maximum atomic E-state index is 12.7. The Bertz CT molecular complexity index is 514. The molecule has 21 heavy (non-hydrogen) atoms. The molecule has 1 aromatic rings. The molecule has 3 saturated heterocycles. The van der Waals surface area contributed by atoms with E-state index >= 15 is 0 Å². The van der Waals surface area contributed by atoms with Crippen molar-refractivity contribution in [3.8, 4) is 0 Å². The molecule has 3 aliphatic heterocycles. The van der Waals surface area contributed by atoms with Crippen LogP contribution in [0.25, 0.3) is 0 Å². The van der Waals surface area contributed by atoms with E-state index < -0.39 is 0 Å². The molecule has 3 atom stereocenters. The van der Waals surface area contributed by atoms with Crippen LogP contribution >= 0.6 is 0 Å². The quantitative estimate of drug-likeness (QED) is 0.846. The summed E-state index contributed by atoms with van der Waals surface area (Å²) in [7, 11) is 0. The van der Waals surface area contributed by atoms with Crippen molar-refractivity contribution in [1.82, 2.24) is 20.2 Å². The molecule has 0 aromatic carbocycles. The zero-order valence-corrected chi connectivity index (χ0v) is 12.1. The summed E-state index contributed by atoms with van der Waals surface area (Å²) in [5.41, 5.74) is 0. The van der Waals surface area contributed by atoms with E-state index in [9.17, 15) is 4.79 Å². The summed E-state index contributed by atoms with van der Waals surface area (Å²) in [6.45, 7) is 3.21. The van der Waals surface area contributed by atoms with Gasteiger partial charge in [-0.25, -0.2) is 9.97 Å². The third kappa shape index (κ3) is 2.37. The second-order valence-corrected chi connectivity index (χ2v) is 6.25. The van der Waals surface area contributed by atoms with E-state index in [-0.39, 0.29) is 5.92 Å². The van der Waals surface area contributed by atoms with Crippen molar-refractivity contribution in [3.63, 3.8) is 0 Å². The fraction of sp³-hybridized carbons (Fsp3) is 0.667. The average molecular weight is 287 g/mol. The van der Waals surface area contributed by atoms with Crippen LogP contribution in [0.4, 0.5) is 5.95 Å². The first-order valence-electron chi connectivity index (χ1n) is 7.88. The van der Waals surface area contributed by atoms with E-state index in [1.54, 1.807) is 12.4 Å². The predicted molar refractivity (Wildman–Crippen MR) is 78.9 cm³/mol. The van der Waals surface area contributed by atoms with Gasteiger partial charge in [-0.05, 0) is 25.3 Å². The van der Waals surface area contributed by atoms with Crippen molar-refractivity contribution in [2.45, 2.75) is 31.3 Å². The Hall–Kier alpha value is -1.69. The third-order valence-electron chi connectivity index (χ3n) is 5.04. The lowest BCUT2D eigenvalue weighted by atomic mass is 9.88. The Morgan fingerprint density at radius 2 is 1.90 bits per heavy atom. The van der Waals surface area contributed by atoms with Crippen molar-refractivity contribution in [3.05, 3.63) is 18.5 Å². The van der Waals surface area contributed by atoms with Crippen LogP contribution in [-0.4, -0.2) is 59.0 Å². The number of hydrogen-bond acceptors (Lipinski definition) is 5. The van der Waals surface area contributed by atoms with Gasteiger partial charge in [-0.1, -0.05) is 0 Å². The Balaban J connectivity index is 1.36. The first-order chi connectivity index (χ1) is 10.3. The third-order valence-corrected chi connectivity index (χ3v) is 5.04. The molecule has 4 heterocycles. The second kappa shape index (κ2) is 5.26. The number of carbonyl (C=O) groups excluding carboxylic acids is 1. The van der Waals surface area contributed by atoms with Gasteiger partial charge in [0.2, 0.25) is 11.9 Å². The predicted octanol–water partition coefficient (Wildman–Crippen LogP) is 0.266. The molecule has 112 valence electrons. The summed E-state index contributed by atoms with van der Waals surface area (Å²) in [6, 6.07) is 2.84. The summed E-state index contributed by atoms with van der Waals surface area (Å²) in [6.07, 6.45) is 6.97. The summed E-state index contributed by atoms with van der Waals surface area (Å²) < 4.78 is 0. The fourth-order valence-corrected chi connectivity index (χ4v) is 3.91. The number of anilines is 1. The van der Waals surface area contributed by atoms with Crippen molar-refractivity contribution in [2.75, 3.05) is 31.1 Å². The van der Waals surface area contributed by atoms with Gasteiger partial charge in [-0.15, -0.1) is 0 Å². The highest BCUT2D eigenvalue weighted by Gasteiger charge is 2.44. The van der Waals surface area contributed by atoms with E-state index in [4.69, 9.17) is 0 Å². The number of amides is 1. The van der Waals surface area contributed by atoms with Crippen molar-refractivity contribution >= 4 is 11.9 Å². The molecular weight excluding hydrogens is 266 g/mol. The molecule has 0 saturated carbocycles. The molecule has 1 N–H and O–H groups in total. The lowest BCUT2D eigenvalue weighted by molar-refractivity contribution is -0.136. The molecule has 6 heteroatoms. The van der Waals surface area contributed by atoms with Gasteiger partial charge in [-0.2, -0.15) is 0 Å². The zero-order valence-electron chi connectivity index (χ0n) is 12.1. The molecular formula is C15H21N5O. The fourth-order valence-electron chi connectivity index (χ4n) is 3.91. The molecule has 3 unspecified atom stereocenters. The van der Waals surface area contributed by atoms with E-state index in [1.807, 2.05) is 11.0 Å². The van der Waals surface area contributed by atoms with Gasteiger partial charge in [0.05, 0.1) is 5.92 Å². The highest BCUT2D eigenvalue weighted by Crippen LogP contribution is 2.34. The zero-order chi connectivity index (χ0) is 14.2. The van der Waals surface area contributed by atoms with Crippen LogP contribution in [0.5, 0.6) is 0 Å². The minimum Gasteiger partial charge on any atom is -0.339 e. The van der Waals surface area contributed by atoms with Crippen LogP contribution in [0, 0.1) is 5.92 Å². The molecule has 2 bridgehead atoms. The first-order valence-corrected chi connectivity index (χ1v) is 7.88. The number of fused-ring (bicyclic) bond motifs is 2. The molecule has 0 spiro atoms. The lowest BCUT2D eigenvalue weighted by Gasteiger charge is -2.36. The first kappa shape index (κ1) is 13.0. The summed E-state index contributed by atoms with van der Waals surface area (Å²) in [5, 5.41) is 3.55. The van der Waals surface area contributed by atoms with Crippen LogP contribution in [0.15, 0.2) is 18.5 Å². The average Bonchev–Trinajstić information content (AvgIpc) is 3.18. The topological polar surface area (TPSA) is 61.4 Å². The summed E-state index contributed by atoms with van der Waals surface area (Å²) in [4.78, 5) is 25.4. The summed E-state index contributed by atoms with van der Waals surface area (Å²) >= 11 is 0. The normalized spacial score (nSPS) is 31.7.